The molecule has 2 aliphatic rings. The van der Waals surface area contributed by atoms with Gasteiger partial charge in [0.05, 0.1) is 13.7 Å². The predicted octanol–water partition coefficient (Wildman–Crippen LogP) is 3.83. The van der Waals surface area contributed by atoms with Gasteiger partial charge in [-0.3, -0.25) is 0 Å². The fourth-order valence-corrected chi connectivity index (χ4v) is 3.48. The maximum atomic E-state index is 5.54. The van der Waals surface area contributed by atoms with Crippen molar-refractivity contribution in [2.75, 3.05) is 27.0 Å². The molecular weight excluding hydrogens is 481 g/mol. The number of fused-ring (bicyclic) bond motifs is 1. The molecule has 156 valence electrons. The summed E-state index contributed by atoms with van der Waals surface area (Å²) in [5.41, 5.74) is 2.56. The molecule has 1 heterocycles. The van der Waals surface area contributed by atoms with Gasteiger partial charge in [0, 0.05) is 18.5 Å². The first-order chi connectivity index (χ1) is 13.7. The zero-order valence-corrected chi connectivity index (χ0v) is 19.2. The number of ether oxygens (including phenoxy) is 3. The van der Waals surface area contributed by atoms with Crippen molar-refractivity contribution in [2.24, 2.45) is 4.99 Å². The second-order valence-corrected chi connectivity index (χ2v) is 7.25. The van der Waals surface area contributed by atoms with E-state index < -0.39 is 0 Å². The van der Waals surface area contributed by atoms with Crippen LogP contribution in [0, 0.1) is 0 Å². The molecule has 4 rings (SSSR count). The number of nitrogens with one attached hydrogen (secondary N) is 2. The number of hydrogen-bond acceptors (Lipinski definition) is 4. The van der Waals surface area contributed by atoms with Crippen molar-refractivity contribution in [1.29, 1.82) is 0 Å². The number of hydrogen-bond donors (Lipinski definition) is 2. The van der Waals surface area contributed by atoms with Crippen molar-refractivity contribution in [3.8, 4) is 17.2 Å². The van der Waals surface area contributed by atoms with Crippen molar-refractivity contribution in [1.82, 2.24) is 10.6 Å². The van der Waals surface area contributed by atoms with Gasteiger partial charge in [-0.1, -0.05) is 18.2 Å². The lowest BCUT2D eigenvalue weighted by Crippen LogP contribution is -2.41. The van der Waals surface area contributed by atoms with Crippen LogP contribution in [-0.4, -0.2) is 33.0 Å². The number of halogens is 1. The zero-order chi connectivity index (χ0) is 19.4. The summed E-state index contributed by atoms with van der Waals surface area (Å²) in [6.07, 6.45) is 2.32. The molecule has 0 bridgehead atoms. The lowest BCUT2D eigenvalue weighted by atomic mass is 9.95. The second kappa shape index (κ2) is 9.56. The first-order valence-corrected chi connectivity index (χ1v) is 9.78. The largest absolute Gasteiger partial charge is 0.497 e. The number of guanidine groups is 1. The summed E-state index contributed by atoms with van der Waals surface area (Å²) in [6.45, 7) is 4.65. The van der Waals surface area contributed by atoms with Gasteiger partial charge in [0.15, 0.2) is 17.5 Å². The molecule has 1 aliphatic carbocycles. The maximum Gasteiger partial charge on any atom is 0.231 e. The Bertz CT molecular complexity index is 868. The summed E-state index contributed by atoms with van der Waals surface area (Å²) in [6, 6.07) is 14.3. The minimum atomic E-state index is 0. The van der Waals surface area contributed by atoms with Gasteiger partial charge in [0.2, 0.25) is 6.79 Å². The molecule has 2 aromatic rings. The van der Waals surface area contributed by atoms with E-state index in [1.807, 2.05) is 24.3 Å². The molecule has 0 amide bonds. The Hall–Kier alpha value is -2.16. The van der Waals surface area contributed by atoms with Gasteiger partial charge >= 0.3 is 0 Å². The Morgan fingerprint density at radius 1 is 1.10 bits per heavy atom. The van der Waals surface area contributed by atoms with Crippen LogP contribution < -0.4 is 24.8 Å². The third-order valence-corrected chi connectivity index (χ3v) is 5.33. The van der Waals surface area contributed by atoms with Gasteiger partial charge in [0.25, 0.3) is 0 Å². The Morgan fingerprint density at radius 2 is 1.93 bits per heavy atom. The van der Waals surface area contributed by atoms with Crippen LogP contribution in [0.2, 0.25) is 0 Å². The molecule has 0 saturated heterocycles. The van der Waals surface area contributed by atoms with E-state index in [4.69, 9.17) is 19.2 Å². The molecule has 1 fully saturated rings. The monoisotopic (exact) mass is 509 g/mol. The highest BCUT2D eigenvalue weighted by molar-refractivity contribution is 14.0. The summed E-state index contributed by atoms with van der Waals surface area (Å²) in [7, 11) is 1.68. The zero-order valence-electron chi connectivity index (χ0n) is 16.9. The number of nitrogens with zero attached hydrogens (tertiary/aromatic N) is 1. The van der Waals surface area contributed by atoms with Gasteiger partial charge in [-0.15, -0.1) is 24.0 Å². The quantitative estimate of drug-likeness (QED) is 0.338. The molecule has 0 aromatic heterocycles. The highest BCUT2D eigenvalue weighted by Crippen LogP contribution is 2.49. The summed E-state index contributed by atoms with van der Waals surface area (Å²) in [5, 5.41) is 6.86. The standard InChI is InChI=1S/C22H27N3O3.HI/c1-3-23-21(24-13-16-5-4-6-18(11-16)26-2)25-14-22(9-10-22)17-7-8-19-20(12-17)28-15-27-19;/h4-8,11-12H,3,9-10,13-15H2,1-2H3,(H2,23,24,25);1H. The normalized spacial score (nSPS) is 16.0. The molecule has 2 N–H and O–H groups in total. The van der Waals surface area contributed by atoms with Crippen LogP contribution in [0.5, 0.6) is 17.2 Å². The molecule has 0 unspecified atom stereocenters. The molecular formula is C22H28IN3O3. The number of aliphatic imine (C=N–C) groups is 1. The van der Waals surface area contributed by atoms with Crippen LogP contribution in [0.3, 0.4) is 0 Å². The third-order valence-electron chi connectivity index (χ3n) is 5.33. The van der Waals surface area contributed by atoms with Crippen molar-refractivity contribution in [2.45, 2.75) is 31.7 Å². The van der Waals surface area contributed by atoms with Crippen LogP contribution in [0.4, 0.5) is 0 Å². The van der Waals surface area contributed by atoms with Gasteiger partial charge in [-0.25, -0.2) is 4.99 Å². The molecule has 1 saturated carbocycles. The van der Waals surface area contributed by atoms with Crippen LogP contribution in [0.25, 0.3) is 0 Å². The summed E-state index contributed by atoms with van der Waals surface area (Å²) in [5.74, 6) is 3.37. The van der Waals surface area contributed by atoms with E-state index in [0.29, 0.717) is 13.3 Å². The highest BCUT2D eigenvalue weighted by atomic mass is 127. The van der Waals surface area contributed by atoms with E-state index in [1.54, 1.807) is 7.11 Å². The third kappa shape index (κ3) is 5.07. The van der Waals surface area contributed by atoms with Crippen LogP contribution in [-0.2, 0) is 12.0 Å². The number of methoxy groups -OCH3 is 1. The second-order valence-electron chi connectivity index (χ2n) is 7.25. The summed E-state index contributed by atoms with van der Waals surface area (Å²) in [4.78, 5) is 4.74. The summed E-state index contributed by atoms with van der Waals surface area (Å²) < 4.78 is 16.3. The molecule has 29 heavy (non-hydrogen) atoms. The molecule has 6 nitrogen and oxygen atoms in total. The first-order valence-electron chi connectivity index (χ1n) is 9.78. The SMILES string of the molecule is CCNC(=NCc1cccc(OC)c1)NCC1(c2ccc3c(c2)OCO3)CC1.I. The van der Waals surface area contributed by atoms with E-state index in [1.165, 1.54) is 5.56 Å². The molecule has 7 heteroatoms. The minimum Gasteiger partial charge on any atom is -0.497 e. The van der Waals surface area contributed by atoms with Gasteiger partial charge in [-0.2, -0.15) is 0 Å². The molecule has 0 spiro atoms. The molecule has 0 radical (unpaired) electrons. The fourth-order valence-electron chi connectivity index (χ4n) is 3.48. The van der Waals surface area contributed by atoms with E-state index in [0.717, 1.165) is 54.7 Å². The topological polar surface area (TPSA) is 64.1 Å². The van der Waals surface area contributed by atoms with Gasteiger partial charge in [-0.05, 0) is 55.2 Å². The minimum absolute atomic E-state index is 0. The van der Waals surface area contributed by atoms with Crippen molar-refractivity contribution in [3.63, 3.8) is 0 Å². The molecule has 2 aromatic carbocycles. The van der Waals surface area contributed by atoms with Crippen LogP contribution in [0.1, 0.15) is 30.9 Å². The lowest BCUT2D eigenvalue weighted by molar-refractivity contribution is 0.174. The Balaban J connectivity index is 0.00000240. The van der Waals surface area contributed by atoms with E-state index >= 15 is 0 Å². The van der Waals surface area contributed by atoms with E-state index in [-0.39, 0.29) is 29.4 Å². The van der Waals surface area contributed by atoms with Gasteiger partial charge < -0.3 is 24.8 Å². The van der Waals surface area contributed by atoms with E-state index in [2.05, 4.69) is 35.8 Å². The first kappa shape index (κ1) is 21.5. The lowest BCUT2D eigenvalue weighted by Gasteiger charge is -2.19. The van der Waals surface area contributed by atoms with Crippen LogP contribution >= 0.6 is 24.0 Å². The fraction of sp³-hybridized carbons (Fsp3) is 0.409. The van der Waals surface area contributed by atoms with Crippen molar-refractivity contribution in [3.05, 3.63) is 53.6 Å². The highest BCUT2D eigenvalue weighted by Gasteiger charge is 2.44. The van der Waals surface area contributed by atoms with Crippen LogP contribution in [0.15, 0.2) is 47.5 Å². The Morgan fingerprint density at radius 3 is 2.69 bits per heavy atom. The number of rotatable bonds is 7. The molecule has 0 atom stereocenters. The Kier molecular flexibility index (Phi) is 7.10. The van der Waals surface area contributed by atoms with E-state index in [9.17, 15) is 0 Å². The smallest absolute Gasteiger partial charge is 0.231 e. The maximum absolute atomic E-state index is 5.54. The summed E-state index contributed by atoms with van der Waals surface area (Å²) >= 11 is 0. The molecule has 1 aliphatic heterocycles. The predicted molar refractivity (Wildman–Crippen MR) is 125 cm³/mol. The average Bonchev–Trinajstić information content (AvgIpc) is 3.38. The number of benzene rings is 2. The van der Waals surface area contributed by atoms with Gasteiger partial charge in [0.1, 0.15) is 5.75 Å². The Labute approximate surface area is 189 Å². The van der Waals surface area contributed by atoms with Crippen molar-refractivity contribution >= 4 is 29.9 Å². The average molecular weight is 509 g/mol. The van der Waals surface area contributed by atoms with Crippen molar-refractivity contribution < 1.29 is 14.2 Å².